The molecule has 0 bridgehead atoms. The second kappa shape index (κ2) is 4.78. The Hall–Kier alpha value is -0.980. The summed E-state index contributed by atoms with van der Waals surface area (Å²) in [7, 11) is 1.67. The number of methoxy groups -OCH3 is 1. The molecule has 0 fully saturated rings. The molecule has 0 rings (SSSR count). The molecule has 0 aliphatic rings. The van der Waals surface area contributed by atoms with Gasteiger partial charge in [-0.2, -0.15) is 0 Å². The molecule has 0 aliphatic carbocycles. The lowest BCUT2D eigenvalue weighted by atomic mass is 10.1. The van der Waals surface area contributed by atoms with Crippen molar-refractivity contribution in [2.24, 2.45) is 0 Å². The third kappa shape index (κ3) is 3.08. The second-order valence-corrected chi connectivity index (χ2v) is 2.47. The highest BCUT2D eigenvalue weighted by Gasteiger charge is 1.97. The van der Waals surface area contributed by atoms with E-state index in [1.54, 1.807) is 7.11 Å². The van der Waals surface area contributed by atoms with Crippen LogP contribution in [-0.2, 0) is 4.74 Å². The summed E-state index contributed by atoms with van der Waals surface area (Å²) >= 11 is 0. The minimum atomic E-state index is 0.889. The van der Waals surface area contributed by atoms with Crippen LogP contribution in [0, 0.1) is 0 Å². The number of ether oxygens (including phenoxy) is 1. The second-order valence-electron chi connectivity index (χ2n) is 2.47. The van der Waals surface area contributed by atoms with E-state index >= 15 is 0 Å². The van der Waals surface area contributed by atoms with Gasteiger partial charge in [-0.05, 0) is 32.4 Å². The molecule has 1 heteroatoms. The summed E-state index contributed by atoms with van der Waals surface area (Å²) in [5.74, 6) is 0.889. The molecule has 0 heterocycles. The maximum absolute atomic E-state index is 5.15. The van der Waals surface area contributed by atoms with E-state index in [9.17, 15) is 0 Å². The van der Waals surface area contributed by atoms with Crippen LogP contribution in [-0.4, -0.2) is 7.11 Å². The van der Waals surface area contributed by atoms with E-state index in [0.29, 0.717) is 0 Å². The van der Waals surface area contributed by atoms with Gasteiger partial charge in [0.1, 0.15) is 5.76 Å². The van der Waals surface area contributed by atoms with Crippen molar-refractivity contribution in [2.75, 3.05) is 7.11 Å². The van der Waals surface area contributed by atoms with Gasteiger partial charge in [0.25, 0.3) is 0 Å². The van der Waals surface area contributed by atoms with Crippen LogP contribution in [0.2, 0.25) is 0 Å². The van der Waals surface area contributed by atoms with Crippen molar-refractivity contribution in [3.05, 3.63) is 35.6 Å². The quantitative estimate of drug-likeness (QED) is 0.446. The third-order valence-electron chi connectivity index (χ3n) is 1.55. The van der Waals surface area contributed by atoms with E-state index in [4.69, 9.17) is 4.74 Å². The van der Waals surface area contributed by atoms with Crippen LogP contribution in [0.5, 0.6) is 0 Å². The minimum absolute atomic E-state index is 0.889. The molecular formula is C10H16O. The molecule has 0 aliphatic heterocycles. The van der Waals surface area contributed by atoms with Gasteiger partial charge in [0.05, 0.1) is 7.11 Å². The Morgan fingerprint density at radius 1 is 1.36 bits per heavy atom. The summed E-state index contributed by atoms with van der Waals surface area (Å²) in [6.07, 6.45) is 3.88. The summed E-state index contributed by atoms with van der Waals surface area (Å²) in [6.45, 7) is 9.77. The largest absolute Gasteiger partial charge is 0.496 e. The van der Waals surface area contributed by atoms with Crippen LogP contribution in [0.25, 0.3) is 0 Å². The zero-order valence-electron chi connectivity index (χ0n) is 7.77. The SMILES string of the molecule is C=C(C)/C(C)=C(\C=C/C)OC. The summed E-state index contributed by atoms with van der Waals surface area (Å²) in [5, 5.41) is 0. The Bertz CT molecular complexity index is 197. The standard InChI is InChI=1S/C10H16O/c1-6-7-10(11-5)9(4)8(2)3/h6-7H,2H2,1,3-5H3/b7-6-,10-9+. The Morgan fingerprint density at radius 3 is 2.18 bits per heavy atom. The van der Waals surface area contributed by atoms with E-state index in [0.717, 1.165) is 16.9 Å². The van der Waals surface area contributed by atoms with Gasteiger partial charge in [-0.15, -0.1) is 0 Å². The van der Waals surface area contributed by atoms with Crippen LogP contribution in [0.1, 0.15) is 20.8 Å². The van der Waals surface area contributed by atoms with E-state index < -0.39 is 0 Å². The molecule has 0 unspecified atom stereocenters. The van der Waals surface area contributed by atoms with Gasteiger partial charge in [-0.3, -0.25) is 0 Å². The van der Waals surface area contributed by atoms with Crippen molar-refractivity contribution < 1.29 is 4.74 Å². The number of rotatable bonds is 3. The summed E-state index contributed by atoms with van der Waals surface area (Å²) in [6, 6.07) is 0. The van der Waals surface area contributed by atoms with Gasteiger partial charge in [0.15, 0.2) is 0 Å². The summed E-state index contributed by atoms with van der Waals surface area (Å²) in [4.78, 5) is 0. The smallest absolute Gasteiger partial charge is 0.121 e. The maximum Gasteiger partial charge on any atom is 0.121 e. The molecule has 0 aromatic heterocycles. The molecule has 0 atom stereocenters. The first-order chi connectivity index (χ1) is 5.13. The predicted molar refractivity (Wildman–Crippen MR) is 49.3 cm³/mol. The molecule has 0 saturated heterocycles. The highest BCUT2D eigenvalue weighted by atomic mass is 16.5. The minimum Gasteiger partial charge on any atom is -0.496 e. The summed E-state index contributed by atoms with van der Waals surface area (Å²) < 4.78 is 5.15. The topological polar surface area (TPSA) is 9.23 Å². The highest BCUT2D eigenvalue weighted by molar-refractivity contribution is 5.32. The Balaban J connectivity index is 4.67. The van der Waals surface area contributed by atoms with E-state index in [2.05, 4.69) is 6.58 Å². The molecule has 1 nitrogen and oxygen atoms in total. The average Bonchev–Trinajstić information content (AvgIpc) is 1.98. The first-order valence-corrected chi connectivity index (χ1v) is 3.67. The first kappa shape index (κ1) is 10.0. The fourth-order valence-electron chi connectivity index (χ4n) is 0.708. The van der Waals surface area contributed by atoms with Crippen molar-refractivity contribution in [1.82, 2.24) is 0 Å². The molecule has 0 saturated carbocycles. The summed E-state index contributed by atoms with van der Waals surface area (Å²) in [5.41, 5.74) is 2.14. The molecule has 0 aromatic carbocycles. The zero-order valence-corrected chi connectivity index (χ0v) is 7.77. The van der Waals surface area contributed by atoms with Gasteiger partial charge in [0.2, 0.25) is 0 Å². The van der Waals surface area contributed by atoms with E-state index in [1.807, 2.05) is 32.9 Å². The molecule has 11 heavy (non-hydrogen) atoms. The van der Waals surface area contributed by atoms with Crippen LogP contribution in [0.15, 0.2) is 35.6 Å². The van der Waals surface area contributed by atoms with Crippen molar-refractivity contribution >= 4 is 0 Å². The van der Waals surface area contributed by atoms with E-state index in [-0.39, 0.29) is 0 Å². The lowest BCUT2D eigenvalue weighted by Crippen LogP contribution is -1.88. The Morgan fingerprint density at radius 2 is 1.91 bits per heavy atom. The van der Waals surface area contributed by atoms with Crippen LogP contribution >= 0.6 is 0 Å². The van der Waals surface area contributed by atoms with Gasteiger partial charge in [-0.1, -0.05) is 18.2 Å². The molecule has 0 aromatic rings. The van der Waals surface area contributed by atoms with Crippen molar-refractivity contribution in [3.8, 4) is 0 Å². The maximum atomic E-state index is 5.15. The predicted octanol–water partition coefficient (Wildman–Crippen LogP) is 3.06. The fourth-order valence-corrected chi connectivity index (χ4v) is 0.708. The highest BCUT2D eigenvalue weighted by Crippen LogP contribution is 2.13. The Labute approximate surface area is 69.1 Å². The lowest BCUT2D eigenvalue weighted by molar-refractivity contribution is 0.303. The van der Waals surface area contributed by atoms with E-state index in [1.165, 1.54) is 0 Å². The molecule has 0 radical (unpaired) electrons. The van der Waals surface area contributed by atoms with Crippen LogP contribution in [0.4, 0.5) is 0 Å². The molecular weight excluding hydrogens is 136 g/mol. The lowest BCUT2D eigenvalue weighted by Gasteiger charge is -2.05. The zero-order chi connectivity index (χ0) is 8.85. The van der Waals surface area contributed by atoms with Crippen molar-refractivity contribution in [2.45, 2.75) is 20.8 Å². The number of hydrogen-bond donors (Lipinski definition) is 0. The first-order valence-electron chi connectivity index (χ1n) is 3.67. The van der Waals surface area contributed by atoms with Gasteiger partial charge in [-0.25, -0.2) is 0 Å². The normalized spacial score (nSPS) is 13.1. The van der Waals surface area contributed by atoms with Crippen LogP contribution < -0.4 is 0 Å². The molecule has 0 amide bonds. The van der Waals surface area contributed by atoms with Gasteiger partial charge < -0.3 is 4.74 Å². The monoisotopic (exact) mass is 152 g/mol. The van der Waals surface area contributed by atoms with Gasteiger partial charge in [0, 0.05) is 0 Å². The number of allylic oxidation sites excluding steroid dienone is 4. The molecule has 62 valence electrons. The molecule has 0 spiro atoms. The van der Waals surface area contributed by atoms with Crippen LogP contribution in [0.3, 0.4) is 0 Å². The third-order valence-corrected chi connectivity index (χ3v) is 1.55. The fraction of sp³-hybridized carbons (Fsp3) is 0.400. The van der Waals surface area contributed by atoms with Gasteiger partial charge >= 0.3 is 0 Å². The van der Waals surface area contributed by atoms with Crippen molar-refractivity contribution in [3.63, 3.8) is 0 Å². The number of hydrogen-bond acceptors (Lipinski definition) is 1. The molecule has 0 N–H and O–H groups in total. The average molecular weight is 152 g/mol. The van der Waals surface area contributed by atoms with Crippen molar-refractivity contribution in [1.29, 1.82) is 0 Å². The Kier molecular flexibility index (Phi) is 4.35.